The molecule has 2 amide bonds. The van der Waals surface area contributed by atoms with Gasteiger partial charge in [-0.3, -0.25) is 9.59 Å². The van der Waals surface area contributed by atoms with Crippen LogP contribution in [0.1, 0.15) is 12.8 Å². The topological polar surface area (TPSA) is 210 Å². The minimum Gasteiger partial charge on any atom is -0.507 e. The number of amides is 2. The number of aliphatic hydroxyl groups is 1. The van der Waals surface area contributed by atoms with Crippen LogP contribution in [0.3, 0.4) is 0 Å². The normalized spacial score (nSPS) is 19.3. The number of hydrogen-bond donors (Lipinski definition) is 7. The molecule has 12 nitrogen and oxygen atoms in total. The van der Waals surface area contributed by atoms with E-state index in [1.807, 2.05) is 0 Å². The Labute approximate surface area is 196 Å². The number of hydrogen-bond acceptors (Lipinski definition) is 8. The summed E-state index contributed by atoms with van der Waals surface area (Å²) in [7, 11) is 0. The number of halogens is 1. The number of nitrogens with two attached hydrogens (primary N) is 4. The lowest BCUT2D eigenvalue weighted by Crippen LogP contribution is -2.54. The molecule has 0 aromatic carbocycles. The summed E-state index contributed by atoms with van der Waals surface area (Å²) in [5.41, 5.74) is 20.9. The Hall–Kier alpha value is -3.93. The quantitative estimate of drug-likeness (QED) is 0.109. The van der Waals surface area contributed by atoms with E-state index in [9.17, 15) is 14.7 Å². The average molecular weight is 478 g/mol. The number of guanidine groups is 1. The summed E-state index contributed by atoms with van der Waals surface area (Å²) in [5.74, 6) is -1.60. The molecule has 2 aliphatic heterocycles. The smallest absolute Gasteiger partial charge is 0.302 e. The summed E-state index contributed by atoms with van der Waals surface area (Å²) in [5, 5.41) is 15.9. The Kier molecular flexibility index (Phi) is 8.13. The molecule has 178 valence electrons. The van der Waals surface area contributed by atoms with Crippen molar-refractivity contribution in [3.05, 3.63) is 60.1 Å². The molecule has 1 spiro atoms. The van der Waals surface area contributed by atoms with Crippen molar-refractivity contribution in [3.8, 4) is 0 Å². The first-order valence-corrected chi connectivity index (χ1v) is 10.2. The van der Waals surface area contributed by atoms with Gasteiger partial charge in [0.25, 0.3) is 5.91 Å². The number of carbonyl (C=O) groups is 2. The van der Waals surface area contributed by atoms with Crippen molar-refractivity contribution in [1.82, 2.24) is 15.5 Å². The molecule has 2 rings (SSSR count). The van der Waals surface area contributed by atoms with E-state index in [4.69, 9.17) is 34.5 Å². The van der Waals surface area contributed by atoms with Gasteiger partial charge in [-0.05, 0) is 31.2 Å². The van der Waals surface area contributed by atoms with Gasteiger partial charge in [-0.1, -0.05) is 24.8 Å². The van der Waals surface area contributed by atoms with E-state index in [0.717, 1.165) is 0 Å². The molecule has 2 heterocycles. The van der Waals surface area contributed by atoms with Gasteiger partial charge in [-0.2, -0.15) is 4.99 Å². The Morgan fingerprint density at radius 1 is 1.21 bits per heavy atom. The molecule has 11 N–H and O–H groups in total. The highest BCUT2D eigenvalue weighted by Gasteiger charge is 2.41. The minimum atomic E-state index is -0.820. The van der Waals surface area contributed by atoms with Crippen LogP contribution in [0.25, 0.3) is 0 Å². The first-order chi connectivity index (χ1) is 15.5. The molecule has 0 bridgehead atoms. The molecule has 0 aromatic heterocycles. The molecule has 0 radical (unpaired) electrons. The molecule has 2 saturated heterocycles. The zero-order chi connectivity index (χ0) is 24.8. The van der Waals surface area contributed by atoms with Crippen LogP contribution in [-0.2, 0) is 9.59 Å². The largest absolute Gasteiger partial charge is 0.507 e. The maximum Gasteiger partial charge on any atom is 0.302 e. The van der Waals surface area contributed by atoms with Gasteiger partial charge in [0.1, 0.15) is 11.6 Å². The van der Waals surface area contributed by atoms with Gasteiger partial charge in [0, 0.05) is 19.6 Å². The number of rotatable bonds is 6. The lowest BCUT2D eigenvalue weighted by Gasteiger charge is -2.38. The third-order valence-electron chi connectivity index (χ3n) is 5.08. The van der Waals surface area contributed by atoms with Crippen LogP contribution in [0.4, 0.5) is 0 Å². The van der Waals surface area contributed by atoms with E-state index in [-0.39, 0.29) is 45.6 Å². The molecule has 2 fully saturated rings. The van der Waals surface area contributed by atoms with Gasteiger partial charge < -0.3 is 43.6 Å². The van der Waals surface area contributed by atoms with Gasteiger partial charge in [-0.25, -0.2) is 4.99 Å². The molecule has 0 atom stereocenters. The molecule has 0 unspecified atom stereocenters. The van der Waals surface area contributed by atoms with Crippen molar-refractivity contribution in [2.45, 2.75) is 18.4 Å². The van der Waals surface area contributed by atoms with Crippen molar-refractivity contribution in [1.29, 1.82) is 0 Å². The van der Waals surface area contributed by atoms with Crippen LogP contribution >= 0.6 is 11.6 Å². The monoisotopic (exact) mass is 477 g/mol. The summed E-state index contributed by atoms with van der Waals surface area (Å²) < 4.78 is 0. The average Bonchev–Trinajstić information content (AvgIpc) is 3.16. The fourth-order valence-corrected chi connectivity index (χ4v) is 3.29. The van der Waals surface area contributed by atoms with E-state index in [0.29, 0.717) is 32.5 Å². The molecular formula is C20H28ClN9O3. The van der Waals surface area contributed by atoms with Crippen molar-refractivity contribution in [3.63, 3.8) is 0 Å². The summed E-state index contributed by atoms with van der Waals surface area (Å²) in [6.45, 7) is 8.37. The van der Waals surface area contributed by atoms with Gasteiger partial charge in [0.15, 0.2) is 16.8 Å². The second-order valence-electron chi connectivity index (χ2n) is 7.46. The van der Waals surface area contributed by atoms with E-state index in [1.54, 1.807) is 4.90 Å². The number of aliphatic imine (C=N–C) groups is 2. The summed E-state index contributed by atoms with van der Waals surface area (Å²) in [6, 6.07) is 0. The predicted molar refractivity (Wildman–Crippen MR) is 127 cm³/mol. The number of nitrogens with zero attached hydrogens (tertiary/aromatic N) is 3. The second kappa shape index (κ2) is 10.6. The molecule has 0 saturated carbocycles. The lowest BCUT2D eigenvalue weighted by atomic mass is 9.88. The Morgan fingerprint density at radius 3 is 2.39 bits per heavy atom. The molecule has 2 aliphatic rings. The highest BCUT2D eigenvalue weighted by atomic mass is 35.5. The first-order valence-electron chi connectivity index (χ1n) is 9.85. The van der Waals surface area contributed by atoms with Gasteiger partial charge >= 0.3 is 5.91 Å². The molecule has 13 heteroatoms. The van der Waals surface area contributed by atoms with Crippen molar-refractivity contribution in [2.75, 3.05) is 19.6 Å². The van der Waals surface area contributed by atoms with Crippen molar-refractivity contribution in [2.24, 2.45) is 32.9 Å². The van der Waals surface area contributed by atoms with E-state index < -0.39 is 11.4 Å². The second-order valence-corrected chi connectivity index (χ2v) is 7.82. The molecule has 0 aliphatic carbocycles. The number of likely N-dealkylation sites (tertiary alicyclic amines) is 1. The van der Waals surface area contributed by atoms with E-state index >= 15 is 0 Å². The van der Waals surface area contributed by atoms with Gasteiger partial charge in [-0.15, -0.1) is 0 Å². The maximum atomic E-state index is 12.6. The fourth-order valence-electron chi connectivity index (χ4n) is 3.21. The number of carbonyl (C=O) groups excluding carboxylic acids is 2. The maximum absolute atomic E-state index is 12.6. The SMILES string of the molecule is C=C(C(=O)N1CCC2(CC1)CN/C(=N\C(=O)C(/N=C(/Cl)C(=C)N)=C(N)N)N2)/C(O)=C\C=C/N. The predicted octanol–water partition coefficient (Wildman–Crippen LogP) is -0.910. The zero-order valence-corrected chi connectivity index (χ0v) is 18.7. The van der Waals surface area contributed by atoms with Crippen LogP contribution < -0.4 is 33.6 Å². The molecular weight excluding hydrogens is 450 g/mol. The highest BCUT2D eigenvalue weighted by molar-refractivity contribution is 6.69. The third kappa shape index (κ3) is 6.29. The minimum absolute atomic E-state index is 0.0209. The Bertz CT molecular complexity index is 998. The lowest BCUT2D eigenvalue weighted by molar-refractivity contribution is -0.128. The summed E-state index contributed by atoms with van der Waals surface area (Å²) in [6.07, 6.45) is 5.07. The zero-order valence-electron chi connectivity index (χ0n) is 18.0. The Morgan fingerprint density at radius 2 is 1.85 bits per heavy atom. The fraction of sp³-hybridized carbons (Fsp3) is 0.300. The Balaban J connectivity index is 2.04. The number of aliphatic hydroxyl groups excluding tert-OH is 1. The van der Waals surface area contributed by atoms with Crippen LogP contribution in [0, 0.1) is 0 Å². The van der Waals surface area contributed by atoms with Crippen LogP contribution in [0.2, 0.25) is 0 Å². The number of nitrogens with one attached hydrogen (secondary N) is 2. The summed E-state index contributed by atoms with van der Waals surface area (Å²) >= 11 is 5.82. The van der Waals surface area contributed by atoms with E-state index in [2.05, 4.69) is 33.8 Å². The number of piperidine rings is 1. The van der Waals surface area contributed by atoms with E-state index in [1.165, 1.54) is 18.4 Å². The van der Waals surface area contributed by atoms with Gasteiger partial charge in [0.05, 0.1) is 16.8 Å². The van der Waals surface area contributed by atoms with Crippen LogP contribution in [0.5, 0.6) is 0 Å². The van der Waals surface area contributed by atoms with Crippen molar-refractivity contribution < 1.29 is 14.7 Å². The van der Waals surface area contributed by atoms with Crippen LogP contribution in [-0.4, -0.2) is 58.1 Å². The highest BCUT2D eigenvalue weighted by Crippen LogP contribution is 2.26. The molecule has 0 aromatic rings. The van der Waals surface area contributed by atoms with Crippen molar-refractivity contribution >= 4 is 34.5 Å². The third-order valence-corrected chi connectivity index (χ3v) is 5.41. The summed E-state index contributed by atoms with van der Waals surface area (Å²) in [4.78, 5) is 34.4. The first kappa shape index (κ1) is 25.3. The standard InChI is InChI=1S/C20H28ClN9O3/c1-11(13(31)4-3-7-22)18(33)30-8-5-20(6-9-30)10-26-19(29-20)28-17(32)14(16(24)25)27-15(21)12(2)23/h3-4,7,31H,1-2,5-6,8-10,22-25H2,(H2,26,28,29,32)/b7-3-,13-4+,27-15+. The van der Waals surface area contributed by atoms with Crippen LogP contribution in [0.15, 0.2) is 70.0 Å². The molecule has 33 heavy (non-hydrogen) atoms. The van der Waals surface area contributed by atoms with Gasteiger partial charge in [0.2, 0.25) is 0 Å². The number of allylic oxidation sites excluding steroid dienone is 3.